The Morgan fingerprint density at radius 2 is 1.68 bits per heavy atom. The number of rotatable bonds is 8. The smallest absolute Gasteiger partial charge is 0.243 e. The number of hydrogen-bond acceptors (Lipinski definition) is 5. The molecule has 1 heterocycles. The van der Waals surface area contributed by atoms with Crippen molar-refractivity contribution < 1.29 is 22.7 Å². The van der Waals surface area contributed by atoms with E-state index in [0.717, 1.165) is 0 Å². The van der Waals surface area contributed by atoms with Crippen molar-refractivity contribution in [3.63, 3.8) is 0 Å². The van der Waals surface area contributed by atoms with Gasteiger partial charge in [-0.15, -0.1) is 0 Å². The van der Waals surface area contributed by atoms with Gasteiger partial charge in [-0.2, -0.15) is 4.31 Å². The molecule has 2 N–H and O–H groups in total. The zero-order chi connectivity index (χ0) is 22.3. The Hall–Kier alpha value is -2.91. The van der Waals surface area contributed by atoms with Crippen LogP contribution in [-0.2, 0) is 19.6 Å². The van der Waals surface area contributed by atoms with Gasteiger partial charge in [-0.3, -0.25) is 9.59 Å². The molecule has 0 aliphatic carbocycles. The summed E-state index contributed by atoms with van der Waals surface area (Å²) < 4.78 is 31.8. The fourth-order valence-electron chi connectivity index (χ4n) is 3.44. The van der Waals surface area contributed by atoms with E-state index in [9.17, 15) is 18.0 Å². The van der Waals surface area contributed by atoms with Crippen LogP contribution in [0.1, 0.15) is 19.3 Å². The molecule has 0 saturated carbocycles. The van der Waals surface area contributed by atoms with Gasteiger partial charge in [0.05, 0.1) is 12.0 Å². The van der Waals surface area contributed by atoms with Crippen LogP contribution in [0.2, 0.25) is 0 Å². The third-order valence-corrected chi connectivity index (χ3v) is 7.14. The summed E-state index contributed by atoms with van der Waals surface area (Å²) in [6, 6.07) is 15.3. The molecule has 31 heavy (non-hydrogen) atoms. The molecule has 8 nitrogen and oxygen atoms in total. The van der Waals surface area contributed by atoms with Gasteiger partial charge < -0.3 is 15.4 Å². The minimum absolute atomic E-state index is 0.144. The summed E-state index contributed by atoms with van der Waals surface area (Å²) in [5, 5.41) is 5.55. The molecular formula is C22H27N3O5S. The van der Waals surface area contributed by atoms with Crippen molar-refractivity contribution in [3.8, 4) is 5.75 Å². The summed E-state index contributed by atoms with van der Waals surface area (Å²) >= 11 is 0. The lowest BCUT2D eigenvalue weighted by Crippen LogP contribution is -2.43. The van der Waals surface area contributed by atoms with Crippen molar-refractivity contribution in [2.45, 2.75) is 24.2 Å². The first-order chi connectivity index (χ1) is 14.9. The lowest BCUT2D eigenvalue weighted by molar-refractivity contribution is -0.126. The number of carbonyl (C=O) groups excluding carboxylic acids is 2. The Morgan fingerprint density at radius 1 is 1.03 bits per heavy atom. The van der Waals surface area contributed by atoms with Crippen molar-refractivity contribution in [1.29, 1.82) is 0 Å². The molecule has 0 atom stereocenters. The largest absolute Gasteiger partial charge is 0.497 e. The molecule has 0 bridgehead atoms. The van der Waals surface area contributed by atoms with Gasteiger partial charge in [0.2, 0.25) is 21.8 Å². The van der Waals surface area contributed by atoms with E-state index in [4.69, 9.17) is 4.74 Å². The molecule has 1 saturated heterocycles. The zero-order valence-corrected chi connectivity index (χ0v) is 18.2. The van der Waals surface area contributed by atoms with E-state index in [2.05, 4.69) is 10.6 Å². The second-order valence-corrected chi connectivity index (χ2v) is 9.25. The lowest BCUT2D eigenvalue weighted by atomic mass is 9.97. The maximum Gasteiger partial charge on any atom is 0.243 e. The van der Waals surface area contributed by atoms with E-state index in [1.807, 2.05) is 0 Å². The molecular weight excluding hydrogens is 418 g/mol. The van der Waals surface area contributed by atoms with E-state index in [1.54, 1.807) is 61.7 Å². The minimum Gasteiger partial charge on any atom is -0.497 e. The number of anilines is 1. The number of sulfonamides is 1. The molecule has 1 aliphatic heterocycles. The Morgan fingerprint density at radius 3 is 2.29 bits per heavy atom. The Kier molecular flexibility index (Phi) is 7.64. The Labute approximate surface area is 182 Å². The minimum atomic E-state index is -3.53. The SMILES string of the molecule is COc1ccc(NC(=O)CCNC(=O)C2CCN(S(=O)(=O)c3ccccc3)CC2)cc1. The highest BCUT2D eigenvalue weighted by Crippen LogP contribution is 2.23. The number of methoxy groups -OCH3 is 1. The van der Waals surface area contributed by atoms with Gasteiger partial charge in [-0.05, 0) is 49.2 Å². The van der Waals surface area contributed by atoms with Crippen molar-refractivity contribution in [3.05, 3.63) is 54.6 Å². The van der Waals surface area contributed by atoms with Crippen molar-refractivity contribution in [1.82, 2.24) is 9.62 Å². The normalized spacial score (nSPS) is 15.3. The average Bonchev–Trinajstić information content (AvgIpc) is 2.80. The number of nitrogens with zero attached hydrogens (tertiary/aromatic N) is 1. The third-order valence-electron chi connectivity index (χ3n) is 5.23. The molecule has 0 aromatic heterocycles. The Balaban J connectivity index is 1.40. The van der Waals surface area contributed by atoms with E-state index in [0.29, 0.717) is 37.4 Å². The van der Waals surface area contributed by atoms with Crippen LogP contribution in [0.25, 0.3) is 0 Å². The summed E-state index contributed by atoms with van der Waals surface area (Å²) in [6.45, 7) is 0.823. The summed E-state index contributed by atoms with van der Waals surface area (Å²) in [7, 11) is -1.96. The van der Waals surface area contributed by atoms with Gasteiger partial charge in [-0.25, -0.2) is 8.42 Å². The van der Waals surface area contributed by atoms with Crippen molar-refractivity contribution in [2.24, 2.45) is 5.92 Å². The van der Waals surface area contributed by atoms with E-state index in [-0.39, 0.29) is 35.6 Å². The molecule has 2 aromatic carbocycles. The van der Waals surface area contributed by atoms with Gasteiger partial charge in [-0.1, -0.05) is 18.2 Å². The molecule has 166 valence electrons. The van der Waals surface area contributed by atoms with E-state index < -0.39 is 10.0 Å². The highest BCUT2D eigenvalue weighted by Gasteiger charge is 2.31. The van der Waals surface area contributed by atoms with Crippen LogP contribution in [0.4, 0.5) is 5.69 Å². The standard InChI is InChI=1S/C22H27N3O5S/c1-30-19-9-7-18(8-10-19)24-21(26)11-14-23-22(27)17-12-15-25(16-13-17)31(28,29)20-5-3-2-4-6-20/h2-10,17H,11-16H2,1H3,(H,23,27)(H,24,26). The fourth-order valence-corrected chi connectivity index (χ4v) is 4.93. The van der Waals surface area contributed by atoms with Crippen molar-refractivity contribution in [2.75, 3.05) is 32.1 Å². The number of hydrogen-bond donors (Lipinski definition) is 2. The molecule has 2 amide bonds. The second-order valence-electron chi connectivity index (χ2n) is 7.31. The number of carbonyl (C=O) groups is 2. The molecule has 0 unspecified atom stereocenters. The van der Waals surface area contributed by atoms with Crippen LogP contribution in [0.3, 0.4) is 0 Å². The number of piperidine rings is 1. The van der Waals surface area contributed by atoms with E-state index in [1.165, 1.54) is 4.31 Å². The first-order valence-electron chi connectivity index (χ1n) is 10.2. The molecule has 0 spiro atoms. The van der Waals surface area contributed by atoms with Crippen LogP contribution in [-0.4, -0.2) is 51.3 Å². The number of benzene rings is 2. The molecule has 1 aliphatic rings. The number of ether oxygens (including phenoxy) is 1. The quantitative estimate of drug-likeness (QED) is 0.648. The highest BCUT2D eigenvalue weighted by molar-refractivity contribution is 7.89. The van der Waals surface area contributed by atoms with Crippen LogP contribution in [0.5, 0.6) is 5.75 Å². The fraction of sp³-hybridized carbons (Fsp3) is 0.364. The molecule has 3 rings (SSSR count). The predicted octanol–water partition coefficient (Wildman–Crippen LogP) is 2.24. The number of amides is 2. The highest BCUT2D eigenvalue weighted by atomic mass is 32.2. The maximum atomic E-state index is 12.7. The van der Waals surface area contributed by atoms with Gasteiger partial charge in [0, 0.05) is 37.7 Å². The van der Waals surface area contributed by atoms with Crippen molar-refractivity contribution >= 4 is 27.5 Å². The third kappa shape index (κ3) is 6.05. The monoisotopic (exact) mass is 445 g/mol. The maximum absolute atomic E-state index is 12.7. The molecule has 1 fully saturated rings. The lowest BCUT2D eigenvalue weighted by Gasteiger charge is -2.30. The van der Waals surface area contributed by atoms with Crippen LogP contribution >= 0.6 is 0 Å². The Bertz CT molecular complexity index is 986. The van der Waals surface area contributed by atoms with Crippen LogP contribution < -0.4 is 15.4 Å². The van der Waals surface area contributed by atoms with Gasteiger partial charge in [0.25, 0.3) is 0 Å². The summed E-state index contributed by atoms with van der Waals surface area (Å²) in [4.78, 5) is 24.7. The predicted molar refractivity (Wildman–Crippen MR) is 117 cm³/mol. The molecule has 0 radical (unpaired) electrons. The topological polar surface area (TPSA) is 105 Å². The molecule has 2 aromatic rings. The van der Waals surface area contributed by atoms with E-state index >= 15 is 0 Å². The number of nitrogens with one attached hydrogen (secondary N) is 2. The average molecular weight is 446 g/mol. The second kappa shape index (κ2) is 10.4. The summed E-state index contributed by atoms with van der Waals surface area (Å²) in [6.07, 6.45) is 1.06. The summed E-state index contributed by atoms with van der Waals surface area (Å²) in [5.41, 5.74) is 0.657. The first kappa shape index (κ1) is 22.8. The zero-order valence-electron chi connectivity index (χ0n) is 17.4. The van der Waals surface area contributed by atoms with Gasteiger partial charge in [0.15, 0.2) is 0 Å². The first-order valence-corrected chi connectivity index (χ1v) is 11.6. The summed E-state index contributed by atoms with van der Waals surface area (Å²) in [5.74, 6) is 0.1000. The van der Waals surface area contributed by atoms with Gasteiger partial charge in [0.1, 0.15) is 5.75 Å². The van der Waals surface area contributed by atoms with Crippen LogP contribution in [0.15, 0.2) is 59.5 Å². The van der Waals surface area contributed by atoms with Crippen LogP contribution in [0, 0.1) is 5.92 Å². The molecule has 9 heteroatoms. The van der Waals surface area contributed by atoms with Gasteiger partial charge >= 0.3 is 0 Å².